The van der Waals surface area contributed by atoms with Crippen molar-refractivity contribution in [2.24, 2.45) is 5.73 Å². The van der Waals surface area contributed by atoms with Crippen LogP contribution < -0.4 is 5.73 Å². The molecule has 78 valence electrons. The molecule has 0 bridgehead atoms. The first-order valence-electron chi connectivity index (χ1n) is 5.24. The van der Waals surface area contributed by atoms with Gasteiger partial charge in [0.2, 0.25) is 0 Å². The van der Waals surface area contributed by atoms with Crippen LogP contribution in [0.3, 0.4) is 0 Å². The second-order valence-electron chi connectivity index (χ2n) is 4.01. The van der Waals surface area contributed by atoms with Gasteiger partial charge < -0.3 is 5.73 Å². The molecule has 1 unspecified atom stereocenters. The molecular weight excluding hydrogens is 180 g/mol. The fourth-order valence-corrected chi connectivity index (χ4v) is 3.38. The number of likely N-dealkylation sites (N-methyl/N-ethyl adjacent to an activating group) is 1. The van der Waals surface area contributed by atoms with Crippen molar-refractivity contribution in [3.8, 4) is 0 Å². The van der Waals surface area contributed by atoms with E-state index in [9.17, 15) is 0 Å². The molecule has 0 saturated carbocycles. The lowest BCUT2D eigenvalue weighted by Gasteiger charge is -2.43. The van der Waals surface area contributed by atoms with Crippen molar-refractivity contribution >= 4 is 11.8 Å². The van der Waals surface area contributed by atoms with E-state index >= 15 is 0 Å². The average Bonchev–Trinajstić information content (AvgIpc) is 2.19. The van der Waals surface area contributed by atoms with Crippen molar-refractivity contribution in [1.29, 1.82) is 0 Å². The number of rotatable bonds is 4. The van der Waals surface area contributed by atoms with Crippen molar-refractivity contribution < 1.29 is 0 Å². The molecule has 1 saturated heterocycles. The Balaban J connectivity index is 2.55. The summed E-state index contributed by atoms with van der Waals surface area (Å²) < 4.78 is 0. The van der Waals surface area contributed by atoms with Crippen LogP contribution in [0.25, 0.3) is 0 Å². The third-order valence-electron chi connectivity index (χ3n) is 3.05. The summed E-state index contributed by atoms with van der Waals surface area (Å²) in [4.78, 5) is 2.47. The van der Waals surface area contributed by atoms with E-state index in [1.165, 1.54) is 37.3 Å². The van der Waals surface area contributed by atoms with Crippen LogP contribution >= 0.6 is 11.8 Å². The van der Waals surface area contributed by atoms with Gasteiger partial charge in [0.1, 0.15) is 0 Å². The van der Waals surface area contributed by atoms with Gasteiger partial charge in [-0.2, -0.15) is 11.8 Å². The summed E-state index contributed by atoms with van der Waals surface area (Å²) in [6, 6.07) is 0. The fourth-order valence-electron chi connectivity index (χ4n) is 2.03. The Morgan fingerprint density at radius 3 is 2.77 bits per heavy atom. The zero-order chi connectivity index (χ0) is 9.73. The van der Waals surface area contributed by atoms with E-state index in [-0.39, 0.29) is 0 Å². The predicted molar refractivity (Wildman–Crippen MR) is 61.3 cm³/mol. The van der Waals surface area contributed by atoms with Gasteiger partial charge in [0.05, 0.1) is 0 Å². The van der Waals surface area contributed by atoms with E-state index in [0.717, 1.165) is 6.54 Å². The fraction of sp³-hybridized carbons (Fsp3) is 1.00. The average molecular weight is 202 g/mol. The number of nitrogens with zero attached hydrogens (tertiary/aromatic N) is 1. The van der Waals surface area contributed by atoms with E-state index in [1.54, 1.807) is 0 Å². The maximum atomic E-state index is 5.91. The van der Waals surface area contributed by atoms with E-state index in [4.69, 9.17) is 5.73 Å². The second-order valence-corrected chi connectivity index (χ2v) is 5.11. The maximum absolute atomic E-state index is 5.91. The molecule has 0 radical (unpaired) electrons. The molecule has 0 spiro atoms. The summed E-state index contributed by atoms with van der Waals surface area (Å²) in [5.41, 5.74) is 6.22. The van der Waals surface area contributed by atoms with Crippen LogP contribution in [-0.4, -0.2) is 42.1 Å². The Kier molecular flexibility index (Phi) is 4.56. The molecular formula is C10H22N2S. The Bertz CT molecular complexity index is 144. The lowest BCUT2D eigenvalue weighted by Crippen LogP contribution is -2.55. The van der Waals surface area contributed by atoms with Gasteiger partial charge in [-0.3, -0.25) is 4.90 Å². The molecule has 3 heteroatoms. The molecule has 0 aromatic heterocycles. The molecule has 1 aliphatic rings. The highest BCUT2D eigenvalue weighted by Crippen LogP contribution is 2.30. The monoisotopic (exact) mass is 202 g/mol. The van der Waals surface area contributed by atoms with Gasteiger partial charge in [-0.25, -0.2) is 0 Å². The molecule has 2 N–H and O–H groups in total. The normalized spacial score (nSPS) is 29.5. The minimum atomic E-state index is 0.304. The quantitative estimate of drug-likeness (QED) is 0.750. The van der Waals surface area contributed by atoms with Crippen LogP contribution in [0, 0.1) is 0 Å². The molecule has 1 fully saturated rings. The van der Waals surface area contributed by atoms with Gasteiger partial charge in [0.15, 0.2) is 0 Å². The summed E-state index contributed by atoms with van der Waals surface area (Å²) in [6.07, 6.45) is 3.84. The number of thioether (sulfide) groups is 1. The van der Waals surface area contributed by atoms with Gasteiger partial charge in [0.25, 0.3) is 0 Å². The Labute approximate surface area is 86.2 Å². The highest BCUT2D eigenvalue weighted by molar-refractivity contribution is 7.99. The summed E-state index contributed by atoms with van der Waals surface area (Å²) in [5, 5.41) is 0. The molecule has 1 aliphatic heterocycles. The third-order valence-corrected chi connectivity index (χ3v) is 4.37. The van der Waals surface area contributed by atoms with Crippen LogP contribution in [0.2, 0.25) is 0 Å². The first kappa shape index (κ1) is 11.3. The van der Waals surface area contributed by atoms with Crippen molar-refractivity contribution in [3.63, 3.8) is 0 Å². The zero-order valence-corrected chi connectivity index (χ0v) is 9.70. The van der Waals surface area contributed by atoms with E-state index in [2.05, 4.69) is 30.6 Å². The van der Waals surface area contributed by atoms with Crippen molar-refractivity contribution in [2.75, 3.05) is 31.6 Å². The zero-order valence-electron chi connectivity index (χ0n) is 8.88. The van der Waals surface area contributed by atoms with Gasteiger partial charge >= 0.3 is 0 Å². The van der Waals surface area contributed by atoms with E-state index < -0.39 is 0 Å². The Morgan fingerprint density at radius 2 is 2.31 bits per heavy atom. The molecule has 1 heterocycles. The minimum absolute atomic E-state index is 0.304. The number of nitrogens with two attached hydrogens (primary N) is 1. The van der Waals surface area contributed by atoms with Crippen LogP contribution in [0.4, 0.5) is 0 Å². The number of hydrogen-bond acceptors (Lipinski definition) is 3. The largest absolute Gasteiger partial charge is 0.329 e. The topological polar surface area (TPSA) is 29.3 Å². The summed E-state index contributed by atoms with van der Waals surface area (Å²) in [6.45, 7) is 4.23. The van der Waals surface area contributed by atoms with Crippen molar-refractivity contribution in [3.05, 3.63) is 0 Å². The van der Waals surface area contributed by atoms with Crippen LogP contribution in [0.1, 0.15) is 26.2 Å². The Morgan fingerprint density at radius 1 is 1.54 bits per heavy atom. The Hall–Kier alpha value is 0.270. The van der Waals surface area contributed by atoms with Crippen LogP contribution in [0.15, 0.2) is 0 Å². The summed E-state index contributed by atoms with van der Waals surface area (Å²) in [7, 11) is 2.22. The first-order valence-corrected chi connectivity index (χ1v) is 6.40. The lowest BCUT2D eigenvalue weighted by atomic mass is 9.93. The van der Waals surface area contributed by atoms with E-state index in [1.807, 2.05) is 0 Å². The summed E-state index contributed by atoms with van der Waals surface area (Å²) >= 11 is 2.06. The molecule has 0 amide bonds. The summed E-state index contributed by atoms with van der Waals surface area (Å²) in [5.74, 6) is 2.54. The maximum Gasteiger partial charge on any atom is 0.0419 e. The van der Waals surface area contributed by atoms with Gasteiger partial charge in [-0.1, -0.05) is 6.92 Å². The molecule has 13 heavy (non-hydrogen) atoms. The molecule has 2 nitrogen and oxygen atoms in total. The predicted octanol–water partition coefficient (Wildman–Crippen LogP) is 1.55. The molecule has 0 aromatic carbocycles. The molecule has 1 rings (SSSR count). The van der Waals surface area contributed by atoms with Crippen molar-refractivity contribution in [2.45, 2.75) is 31.7 Å². The van der Waals surface area contributed by atoms with E-state index in [0.29, 0.717) is 5.54 Å². The standard InChI is InChI=1S/C10H22N2S/c1-3-6-12(2)10(8-11)5-4-7-13-9-10/h3-9,11H2,1-2H3. The SMILES string of the molecule is CCCN(C)C1(CN)CCCSC1. The lowest BCUT2D eigenvalue weighted by molar-refractivity contribution is 0.135. The number of hydrogen-bond donors (Lipinski definition) is 1. The second kappa shape index (κ2) is 5.23. The van der Waals surface area contributed by atoms with Gasteiger partial charge in [-0.05, 0) is 38.6 Å². The molecule has 0 aromatic rings. The smallest absolute Gasteiger partial charge is 0.0419 e. The molecule has 1 atom stereocenters. The first-order chi connectivity index (χ1) is 6.25. The third kappa shape index (κ3) is 2.61. The van der Waals surface area contributed by atoms with Crippen LogP contribution in [0.5, 0.6) is 0 Å². The van der Waals surface area contributed by atoms with Crippen molar-refractivity contribution in [1.82, 2.24) is 4.90 Å². The molecule has 0 aliphatic carbocycles. The van der Waals surface area contributed by atoms with Gasteiger partial charge in [-0.15, -0.1) is 0 Å². The minimum Gasteiger partial charge on any atom is -0.329 e. The van der Waals surface area contributed by atoms with Crippen LogP contribution in [-0.2, 0) is 0 Å². The highest BCUT2D eigenvalue weighted by Gasteiger charge is 2.34. The van der Waals surface area contributed by atoms with Gasteiger partial charge in [0, 0.05) is 17.8 Å². The highest BCUT2D eigenvalue weighted by atomic mass is 32.2.